The fraction of sp³-hybridized carbons (Fsp3) is 0. The lowest BCUT2D eigenvalue weighted by Gasteiger charge is -2.15. The number of nitrogens with zero attached hydrogens (tertiary/aromatic N) is 1. The summed E-state index contributed by atoms with van der Waals surface area (Å²) in [5.41, 5.74) is 7.16. The summed E-state index contributed by atoms with van der Waals surface area (Å²) < 4.78 is 1.24. The van der Waals surface area contributed by atoms with Gasteiger partial charge in [0.15, 0.2) is 0 Å². The predicted molar refractivity (Wildman–Crippen MR) is 221 cm³/mol. The Balaban J connectivity index is 1.10. The maximum atomic E-state index is 5.07. The molecule has 0 atom stereocenters. The van der Waals surface area contributed by atoms with Gasteiger partial charge < -0.3 is 0 Å². The van der Waals surface area contributed by atoms with Gasteiger partial charge in [-0.3, -0.25) is 0 Å². The smallest absolute Gasteiger partial charge is 0.124 e. The molecule has 1 nitrogen and oxygen atoms in total. The van der Waals surface area contributed by atoms with Crippen LogP contribution in [0, 0.1) is 0 Å². The lowest BCUT2D eigenvalue weighted by molar-refractivity contribution is 1.48. The van der Waals surface area contributed by atoms with Gasteiger partial charge in [0.05, 0.1) is 10.2 Å². The van der Waals surface area contributed by atoms with Crippen molar-refractivity contribution in [2.24, 2.45) is 0 Å². The Labute approximate surface area is 298 Å². The summed E-state index contributed by atoms with van der Waals surface area (Å²) in [5.74, 6) is 0. The van der Waals surface area contributed by atoms with Gasteiger partial charge in [-0.05, 0) is 99.7 Å². The normalized spacial score (nSPS) is 11.9. The summed E-state index contributed by atoms with van der Waals surface area (Å²) in [6.07, 6.45) is 0. The van der Waals surface area contributed by atoms with E-state index in [1.165, 1.54) is 91.6 Å². The SMILES string of the molecule is c1ccc(-c2nc3ccc4ccc5ccc(-c6cccc7c(-c8ccc9c%10ccccc%10c%10ccccc%10c9c8)cccc67)cc5c4c3s2)cc1. The van der Waals surface area contributed by atoms with Crippen LogP contribution in [0.3, 0.4) is 0 Å². The van der Waals surface area contributed by atoms with E-state index in [9.17, 15) is 0 Å². The topological polar surface area (TPSA) is 12.9 Å². The van der Waals surface area contributed by atoms with E-state index in [1.807, 2.05) is 0 Å². The van der Waals surface area contributed by atoms with E-state index in [2.05, 4.69) is 176 Å². The molecule has 0 saturated heterocycles. The minimum absolute atomic E-state index is 1.05. The minimum Gasteiger partial charge on any atom is -0.236 e. The summed E-state index contributed by atoms with van der Waals surface area (Å²) in [4.78, 5) is 5.07. The molecule has 0 aliphatic rings. The minimum atomic E-state index is 1.05. The highest BCUT2D eigenvalue weighted by molar-refractivity contribution is 7.22. The van der Waals surface area contributed by atoms with Gasteiger partial charge in [-0.1, -0.05) is 158 Å². The number of rotatable bonds is 3. The molecule has 236 valence electrons. The van der Waals surface area contributed by atoms with Crippen molar-refractivity contribution in [3.05, 3.63) is 176 Å². The summed E-state index contributed by atoms with van der Waals surface area (Å²) >= 11 is 1.79. The van der Waals surface area contributed by atoms with Gasteiger partial charge in [0.2, 0.25) is 0 Å². The molecule has 11 rings (SSSR count). The lowest BCUT2D eigenvalue weighted by Crippen LogP contribution is -1.88. The quantitative estimate of drug-likeness (QED) is 0.171. The van der Waals surface area contributed by atoms with Gasteiger partial charge >= 0.3 is 0 Å². The molecule has 51 heavy (non-hydrogen) atoms. The van der Waals surface area contributed by atoms with Gasteiger partial charge in [-0.2, -0.15) is 0 Å². The third-order valence-electron chi connectivity index (χ3n) is 10.7. The number of hydrogen-bond donors (Lipinski definition) is 0. The standard InChI is InChI=1S/C49H29NS/c1-2-10-32(11-3-1)49-50-46-27-25-31-22-20-30-21-23-33(28-44(30)47(31)48(46)51-49)35-16-8-19-38-36(17-9-18-37(35)38)34-24-26-43-41-14-5-4-12-39(41)40-13-6-7-15-42(40)45(43)29-34/h1-29H. The molecule has 11 aromatic rings. The van der Waals surface area contributed by atoms with E-state index in [0.29, 0.717) is 0 Å². The van der Waals surface area contributed by atoms with E-state index in [4.69, 9.17) is 4.98 Å². The number of hydrogen-bond acceptors (Lipinski definition) is 2. The number of benzene rings is 10. The van der Waals surface area contributed by atoms with Gasteiger partial charge in [-0.25, -0.2) is 4.98 Å². The van der Waals surface area contributed by atoms with Gasteiger partial charge in [0.25, 0.3) is 0 Å². The van der Waals surface area contributed by atoms with Gasteiger partial charge in [0.1, 0.15) is 5.01 Å². The third-order valence-corrected chi connectivity index (χ3v) is 11.8. The van der Waals surface area contributed by atoms with Crippen LogP contribution in [-0.4, -0.2) is 4.98 Å². The van der Waals surface area contributed by atoms with E-state index >= 15 is 0 Å². The number of aromatic nitrogens is 1. The Kier molecular flexibility index (Phi) is 6.19. The maximum Gasteiger partial charge on any atom is 0.124 e. The highest BCUT2D eigenvalue weighted by Gasteiger charge is 2.15. The van der Waals surface area contributed by atoms with E-state index in [1.54, 1.807) is 11.3 Å². The molecule has 0 radical (unpaired) electrons. The van der Waals surface area contributed by atoms with E-state index < -0.39 is 0 Å². The molecule has 10 aromatic carbocycles. The molecular formula is C49H29NS. The van der Waals surface area contributed by atoms with Crippen molar-refractivity contribution in [2.45, 2.75) is 0 Å². The van der Waals surface area contributed by atoms with Crippen LogP contribution in [0.4, 0.5) is 0 Å². The van der Waals surface area contributed by atoms with Gasteiger partial charge in [-0.15, -0.1) is 11.3 Å². The molecule has 0 aliphatic heterocycles. The first-order valence-electron chi connectivity index (χ1n) is 17.5. The Hall–Kier alpha value is -6.35. The largest absolute Gasteiger partial charge is 0.236 e. The van der Waals surface area contributed by atoms with Gasteiger partial charge in [0, 0.05) is 10.9 Å². The Morgan fingerprint density at radius 1 is 0.333 bits per heavy atom. The number of fused-ring (bicyclic) bond motifs is 12. The van der Waals surface area contributed by atoms with Crippen molar-refractivity contribution in [1.82, 2.24) is 4.98 Å². The molecule has 0 aliphatic carbocycles. The zero-order valence-electron chi connectivity index (χ0n) is 27.6. The molecule has 0 spiro atoms. The first-order valence-corrected chi connectivity index (χ1v) is 18.3. The summed E-state index contributed by atoms with van der Waals surface area (Å²) in [6.45, 7) is 0. The fourth-order valence-corrected chi connectivity index (χ4v) is 9.42. The average Bonchev–Trinajstić information content (AvgIpc) is 3.65. The van der Waals surface area contributed by atoms with Crippen molar-refractivity contribution < 1.29 is 0 Å². The van der Waals surface area contributed by atoms with Crippen molar-refractivity contribution in [3.8, 4) is 32.8 Å². The Morgan fingerprint density at radius 2 is 0.843 bits per heavy atom. The van der Waals surface area contributed by atoms with Crippen LogP contribution in [0.5, 0.6) is 0 Å². The van der Waals surface area contributed by atoms with Crippen LogP contribution in [0.15, 0.2) is 176 Å². The molecule has 1 aromatic heterocycles. The second-order valence-electron chi connectivity index (χ2n) is 13.5. The molecule has 0 unspecified atom stereocenters. The van der Waals surface area contributed by atoms with Crippen LogP contribution >= 0.6 is 11.3 Å². The summed E-state index contributed by atoms with van der Waals surface area (Å²) in [6, 6.07) is 64.5. The second kappa shape index (κ2) is 11.1. The maximum absolute atomic E-state index is 5.07. The molecule has 0 saturated carbocycles. The van der Waals surface area contributed by atoms with Crippen molar-refractivity contribution >= 4 is 86.2 Å². The van der Waals surface area contributed by atoms with Crippen LogP contribution in [0.2, 0.25) is 0 Å². The summed E-state index contributed by atoms with van der Waals surface area (Å²) in [7, 11) is 0. The van der Waals surface area contributed by atoms with E-state index in [0.717, 1.165) is 16.1 Å². The fourth-order valence-electron chi connectivity index (χ4n) is 8.28. The Morgan fingerprint density at radius 3 is 1.53 bits per heavy atom. The van der Waals surface area contributed by atoms with Crippen LogP contribution < -0.4 is 0 Å². The van der Waals surface area contributed by atoms with Crippen LogP contribution in [-0.2, 0) is 0 Å². The monoisotopic (exact) mass is 663 g/mol. The lowest BCUT2D eigenvalue weighted by atomic mass is 9.89. The second-order valence-corrected chi connectivity index (χ2v) is 14.5. The summed E-state index contributed by atoms with van der Waals surface area (Å²) in [5, 5.41) is 16.4. The van der Waals surface area contributed by atoms with Crippen molar-refractivity contribution in [2.75, 3.05) is 0 Å². The zero-order valence-corrected chi connectivity index (χ0v) is 28.4. The van der Waals surface area contributed by atoms with Crippen LogP contribution in [0.1, 0.15) is 0 Å². The van der Waals surface area contributed by atoms with Crippen molar-refractivity contribution in [3.63, 3.8) is 0 Å². The van der Waals surface area contributed by atoms with Crippen molar-refractivity contribution in [1.29, 1.82) is 0 Å². The molecule has 0 amide bonds. The zero-order chi connectivity index (χ0) is 33.5. The molecule has 0 bridgehead atoms. The molecule has 0 N–H and O–H groups in total. The third kappa shape index (κ3) is 4.37. The Bertz CT molecular complexity index is 3150. The first-order chi connectivity index (χ1) is 25.3. The number of thiazole rings is 1. The molecule has 1 heterocycles. The van der Waals surface area contributed by atoms with E-state index in [-0.39, 0.29) is 0 Å². The first kappa shape index (κ1) is 28.5. The highest BCUT2D eigenvalue weighted by atomic mass is 32.1. The average molecular weight is 664 g/mol. The predicted octanol–water partition coefficient (Wildman–Crippen LogP) is 14.2. The molecule has 0 fully saturated rings. The highest BCUT2D eigenvalue weighted by Crippen LogP contribution is 2.42. The molecule has 2 heteroatoms. The van der Waals surface area contributed by atoms with Crippen LogP contribution in [0.25, 0.3) is 108 Å². The molecular weight excluding hydrogens is 635 g/mol.